The van der Waals surface area contributed by atoms with Crippen molar-refractivity contribution in [3.63, 3.8) is 0 Å². The lowest BCUT2D eigenvalue weighted by Gasteiger charge is -2.20. The van der Waals surface area contributed by atoms with Crippen molar-refractivity contribution in [1.82, 2.24) is 24.0 Å². The van der Waals surface area contributed by atoms with E-state index in [9.17, 15) is 18.0 Å². The second-order valence-electron chi connectivity index (χ2n) is 10.2. The van der Waals surface area contributed by atoms with Crippen molar-refractivity contribution < 1.29 is 32.5 Å². The Morgan fingerprint density at radius 3 is 2.18 bits per heavy atom. The van der Waals surface area contributed by atoms with Gasteiger partial charge in [0.05, 0.1) is 30.6 Å². The van der Waals surface area contributed by atoms with Gasteiger partial charge in [0.2, 0.25) is 10.9 Å². The zero-order chi connectivity index (χ0) is 31.8. The Balaban J connectivity index is 1.66. The Hall–Kier alpha value is -4.66. The number of nitrogens with one attached hydrogen (secondary N) is 1. The topological polar surface area (TPSA) is 159 Å². The molecular weight excluding hydrogens is 592 g/mol. The van der Waals surface area contributed by atoms with Gasteiger partial charge in [-0.05, 0) is 25.3 Å². The molecule has 44 heavy (non-hydrogen) atoms. The first-order valence-electron chi connectivity index (χ1n) is 14.3. The monoisotopic (exact) mass is 630 g/mol. The highest BCUT2D eigenvalue weighted by molar-refractivity contribution is 7.74. The lowest BCUT2D eigenvalue weighted by atomic mass is 10.2. The van der Waals surface area contributed by atoms with Crippen LogP contribution in [-0.2, 0) is 32.0 Å². The number of hydrogen-bond acceptors (Lipinski definition) is 8. The van der Waals surface area contributed by atoms with Crippen molar-refractivity contribution >= 4 is 39.5 Å². The van der Waals surface area contributed by atoms with Crippen molar-refractivity contribution in [1.29, 1.82) is 0 Å². The van der Waals surface area contributed by atoms with Crippen LogP contribution in [0.4, 0.5) is 16.3 Å². The van der Waals surface area contributed by atoms with E-state index in [2.05, 4.69) is 10.3 Å². The third kappa shape index (κ3) is 7.83. The van der Waals surface area contributed by atoms with Gasteiger partial charge < -0.3 is 29.2 Å². The number of carbonyl (C=O) groups is 1. The smallest absolute Gasteiger partial charge is 0.404 e. The van der Waals surface area contributed by atoms with E-state index in [4.69, 9.17) is 19.3 Å². The molecular formula is C29H38N6O8S. The Bertz CT molecular complexity index is 1730. The van der Waals surface area contributed by atoms with E-state index in [1.807, 2.05) is 6.92 Å². The standard InChI is InChI=1S/C29H38N6O8S/c1-5-11-41-20-13-21(42-12-9-7-6-8-10-30-28(36)37)15-22(14-20)43-26-17-24-23(33(3)29(38)34(24)4)16-25(26)35(44(39)40)27-18-32(2)19-31-27/h13-19,30,44H,5-12H2,1-4H3,(H,36,37). The van der Waals surface area contributed by atoms with E-state index in [1.54, 1.807) is 62.2 Å². The summed E-state index contributed by atoms with van der Waals surface area (Å²) >= 11 is 0. The number of aryl methyl sites for hydroxylation is 3. The summed E-state index contributed by atoms with van der Waals surface area (Å²) in [5.74, 6) is 1.71. The number of rotatable bonds is 16. The van der Waals surface area contributed by atoms with Crippen molar-refractivity contribution in [2.24, 2.45) is 21.1 Å². The maximum Gasteiger partial charge on any atom is 0.404 e. The molecule has 0 spiro atoms. The lowest BCUT2D eigenvalue weighted by molar-refractivity contribution is 0.194. The number of nitrogens with zero attached hydrogens (tertiary/aromatic N) is 5. The van der Waals surface area contributed by atoms with Crippen LogP contribution in [0.25, 0.3) is 11.0 Å². The Morgan fingerprint density at radius 1 is 0.932 bits per heavy atom. The number of aromatic nitrogens is 4. The molecule has 0 aliphatic carbocycles. The molecule has 0 aliphatic heterocycles. The quantitative estimate of drug-likeness (QED) is 0.123. The highest BCUT2D eigenvalue weighted by Gasteiger charge is 2.23. The van der Waals surface area contributed by atoms with Crippen LogP contribution in [0.3, 0.4) is 0 Å². The summed E-state index contributed by atoms with van der Waals surface area (Å²) in [5.41, 5.74) is 0.961. The van der Waals surface area contributed by atoms with Crippen LogP contribution in [0.1, 0.15) is 39.0 Å². The molecule has 14 nitrogen and oxygen atoms in total. The van der Waals surface area contributed by atoms with Gasteiger partial charge in [-0.3, -0.25) is 9.13 Å². The molecule has 2 aromatic carbocycles. The van der Waals surface area contributed by atoms with Crippen molar-refractivity contribution in [3.05, 3.63) is 53.3 Å². The van der Waals surface area contributed by atoms with Gasteiger partial charge in [-0.1, -0.05) is 19.8 Å². The number of thiol groups is 1. The summed E-state index contributed by atoms with van der Waals surface area (Å²) in [6.45, 7) is 3.31. The molecule has 0 fully saturated rings. The lowest BCUT2D eigenvalue weighted by Crippen LogP contribution is -2.21. The molecule has 4 aromatic rings. The van der Waals surface area contributed by atoms with Gasteiger partial charge in [-0.2, -0.15) is 0 Å². The molecule has 2 heterocycles. The predicted molar refractivity (Wildman–Crippen MR) is 166 cm³/mol. The van der Waals surface area contributed by atoms with E-state index in [1.165, 1.54) is 15.5 Å². The molecule has 2 aromatic heterocycles. The number of benzene rings is 2. The molecule has 15 heteroatoms. The van der Waals surface area contributed by atoms with Gasteiger partial charge in [0.15, 0.2) is 11.6 Å². The van der Waals surface area contributed by atoms with E-state index in [-0.39, 0.29) is 22.9 Å². The minimum absolute atomic E-state index is 0.163. The van der Waals surface area contributed by atoms with Gasteiger partial charge in [0.25, 0.3) is 0 Å². The SMILES string of the molecule is CCCOc1cc(OCCCCCCNC(=O)O)cc(Oc2cc3c(cc2N(c2cn(C)cn2)[SH](=O)=O)n(C)c(=O)n3C)c1. The van der Waals surface area contributed by atoms with Crippen LogP contribution in [-0.4, -0.2) is 58.1 Å². The van der Waals surface area contributed by atoms with Gasteiger partial charge in [-0.25, -0.2) is 27.3 Å². The van der Waals surface area contributed by atoms with Crippen LogP contribution in [0.5, 0.6) is 23.0 Å². The fraction of sp³-hybridized carbons (Fsp3) is 0.414. The fourth-order valence-corrected chi connectivity index (χ4v) is 5.25. The zero-order valence-corrected chi connectivity index (χ0v) is 26.1. The van der Waals surface area contributed by atoms with Crippen LogP contribution in [0, 0.1) is 0 Å². The molecule has 0 saturated heterocycles. The second kappa shape index (κ2) is 14.7. The maximum absolute atomic E-state index is 12.7. The summed E-state index contributed by atoms with van der Waals surface area (Å²) in [6, 6.07) is 8.36. The van der Waals surface area contributed by atoms with Gasteiger partial charge >= 0.3 is 11.8 Å². The first-order chi connectivity index (χ1) is 21.1. The van der Waals surface area contributed by atoms with E-state index >= 15 is 0 Å². The molecule has 1 amide bonds. The van der Waals surface area contributed by atoms with Crippen LogP contribution >= 0.6 is 0 Å². The highest BCUT2D eigenvalue weighted by Crippen LogP contribution is 2.40. The van der Waals surface area contributed by atoms with Crippen LogP contribution in [0.15, 0.2) is 47.7 Å². The summed E-state index contributed by atoms with van der Waals surface area (Å²) < 4.78 is 49.0. The van der Waals surface area contributed by atoms with Crippen molar-refractivity contribution in [2.75, 3.05) is 24.1 Å². The molecule has 0 unspecified atom stereocenters. The Morgan fingerprint density at radius 2 is 1.57 bits per heavy atom. The Kier molecular flexibility index (Phi) is 10.8. The summed E-state index contributed by atoms with van der Waals surface area (Å²) in [4.78, 5) is 27.5. The van der Waals surface area contributed by atoms with Gasteiger partial charge in [0, 0.05) is 58.2 Å². The molecule has 0 radical (unpaired) electrons. The number of carboxylic acid groups (broad SMARTS) is 1. The molecule has 0 atom stereocenters. The third-order valence-electron chi connectivity index (χ3n) is 6.82. The third-order valence-corrected chi connectivity index (χ3v) is 7.57. The van der Waals surface area contributed by atoms with E-state index in [0.717, 1.165) is 36.4 Å². The second-order valence-corrected chi connectivity index (χ2v) is 11.1. The molecule has 4 rings (SSSR count). The number of amides is 1. The van der Waals surface area contributed by atoms with Crippen molar-refractivity contribution in [2.45, 2.75) is 39.0 Å². The molecule has 238 valence electrons. The fourth-order valence-electron chi connectivity index (χ4n) is 4.65. The van der Waals surface area contributed by atoms with E-state index < -0.39 is 17.0 Å². The number of fused-ring (bicyclic) bond motifs is 1. The predicted octanol–water partition coefficient (Wildman–Crippen LogP) is 4.06. The zero-order valence-electron chi connectivity index (χ0n) is 25.2. The van der Waals surface area contributed by atoms with Gasteiger partial charge in [-0.15, -0.1) is 0 Å². The molecule has 0 bridgehead atoms. The number of imidazole rings is 2. The van der Waals surface area contributed by atoms with E-state index in [0.29, 0.717) is 48.0 Å². The maximum atomic E-state index is 12.7. The average molecular weight is 631 g/mol. The number of hydrogen-bond donors (Lipinski definition) is 3. The molecule has 0 saturated carbocycles. The summed E-state index contributed by atoms with van der Waals surface area (Å²) in [7, 11) is 1.78. The largest absolute Gasteiger partial charge is 0.493 e. The normalized spacial score (nSPS) is 11.2. The number of anilines is 2. The first kappa shape index (κ1) is 32.3. The van der Waals surface area contributed by atoms with Crippen molar-refractivity contribution in [3.8, 4) is 23.0 Å². The minimum atomic E-state index is -3.20. The molecule has 2 N–H and O–H groups in total. The highest BCUT2D eigenvalue weighted by atomic mass is 32.2. The number of ether oxygens (including phenoxy) is 3. The first-order valence-corrected chi connectivity index (χ1v) is 15.4. The van der Waals surface area contributed by atoms with Crippen LogP contribution < -0.4 is 29.5 Å². The summed E-state index contributed by atoms with van der Waals surface area (Å²) in [6.07, 6.45) is 6.06. The summed E-state index contributed by atoms with van der Waals surface area (Å²) in [5, 5.41) is 11.0. The Labute approximate surface area is 256 Å². The minimum Gasteiger partial charge on any atom is -0.493 e. The molecule has 0 aliphatic rings. The average Bonchev–Trinajstić information content (AvgIpc) is 3.49. The van der Waals surface area contributed by atoms with Crippen LogP contribution in [0.2, 0.25) is 0 Å². The number of unbranched alkanes of at least 4 members (excludes halogenated alkanes) is 3. The van der Waals surface area contributed by atoms with Gasteiger partial charge in [0.1, 0.15) is 22.9 Å².